The number of pyridine rings is 1. The molecule has 0 radical (unpaired) electrons. The molecule has 2 aromatic heterocycles. The molecule has 0 aliphatic carbocycles. The lowest BCUT2D eigenvalue weighted by Gasteiger charge is -2.32. The van der Waals surface area contributed by atoms with Gasteiger partial charge < -0.3 is 16.4 Å². The molecule has 1 aliphatic heterocycles. The van der Waals surface area contributed by atoms with Gasteiger partial charge in [0.2, 0.25) is 11.8 Å². The maximum Gasteiger partial charge on any atom is 0.221 e. The number of nitrogens with two attached hydrogens (primary N) is 1. The first-order chi connectivity index (χ1) is 19.3. The largest absolute Gasteiger partial charge is 0.382 e. The zero-order valence-electron chi connectivity index (χ0n) is 22.8. The third-order valence-corrected chi connectivity index (χ3v) is 7.52. The lowest BCUT2D eigenvalue weighted by Crippen LogP contribution is -2.48. The van der Waals surface area contributed by atoms with Crippen molar-refractivity contribution in [2.45, 2.75) is 63.0 Å². The first-order valence-corrected chi connectivity index (χ1v) is 14.4. The highest BCUT2D eigenvalue weighted by molar-refractivity contribution is 7.98. The summed E-state index contributed by atoms with van der Waals surface area (Å²) in [5.41, 5.74) is 9.75. The second kappa shape index (κ2) is 13.9. The van der Waals surface area contributed by atoms with Gasteiger partial charge in [-0.05, 0) is 50.5 Å². The number of carbonyl (C=O) groups excluding carboxylic acids is 2. The molecule has 3 heterocycles. The summed E-state index contributed by atoms with van der Waals surface area (Å²) in [5, 5.41) is 15.9. The van der Waals surface area contributed by atoms with Crippen LogP contribution in [0.5, 0.6) is 0 Å². The van der Waals surface area contributed by atoms with Crippen molar-refractivity contribution in [1.82, 2.24) is 25.2 Å². The molecule has 208 valence electrons. The summed E-state index contributed by atoms with van der Waals surface area (Å²) in [5.74, 6) is 0.461. The van der Waals surface area contributed by atoms with Crippen LogP contribution in [0.25, 0.3) is 11.3 Å². The minimum atomic E-state index is -0.168. The summed E-state index contributed by atoms with van der Waals surface area (Å²) < 4.78 is 0. The number of nitriles is 1. The molecule has 1 aromatic carbocycles. The zero-order chi connectivity index (χ0) is 28.5. The molecule has 1 fully saturated rings. The molecule has 0 saturated carbocycles. The van der Waals surface area contributed by atoms with Crippen LogP contribution < -0.4 is 16.4 Å². The molecule has 1 saturated heterocycles. The van der Waals surface area contributed by atoms with Gasteiger partial charge in [0.05, 0.1) is 17.6 Å². The van der Waals surface area contributed by atoms with Gasteiger partial charge in [0.15, 0.2) is 5.16 Å². The summed E-state index contributed by atoms with van der Waals surface area (Å²) in [6, 6.07) is 14.9. The topological polar surface area (TPSA) is 150 Å². The van der Waals surface area contributed by atoms with Crippen molar-refractivity contribution >= 4 is 35.1 Å². The fourth-order valence-corrected chi connectivity index (χ4v) is 5.34. The summed E-state index contributed by atoms with van der Waals surface area (Å²) >= 11 is 1.37. The van der Waals surface area contributed by atoms with Crippen molar-refractivity contribution in [1.29, 1.82) is 5.26 Å². The predicted molar refractivity (Wildman–Crippen MR) is 156 cm³/mol. The quantitative estimate of drug-likeness (QED) is 0.247. The summed E-state index contributed by atoms with van der Waals surface area (Å²) in [6.45, 7) is 5.55. The van der Waals surface area contributed by atoms with Crippen molar-refractivity contribution < 1.29 is 9.59 Å². The number of piperidine rings is 1. The molecule has 10 nitrogen and oxygen atoms in total. The van der Waals surface area contributed by atoms with Crippen LogP contribution in [0.15, 0.2) is 47.6 Å². The Hall–Kier alpha value is -4.01. The van der Waals surface area contributed by atoms with E-state index in [2.05, 4.69) is 31.6 Å². The Balaban J connectivity index is 1.37. The van der Waals surface area contributed by atoms with E-state index in [0.717, 1.165) is 24.5 Å². The van der Waals surface area contributed by atoms with E-state index in [1.807, 2.05) is 25.1 Å². The number of aryl methyl sites for hydroxylation is 1. The third-order valence-electron chi connectivity index (χ3n) is 6.64. The second-order valence-electron chi connectivity index (χ2n) is 9.73. The van der Waals surface area contributed by atoms with Crippen molar-refractivity contribution in [2.75, 3.05) is 24.1 Å². The average molecular weight is 559 g/mol. The van der Waals surface area contributed by atoms with Gasteiger partial charge in [-0.3, -0.25) is 19.5 Å². The highest BCUT2D eigenvalue weighted by Gasteiger charge is 2.18. The van der Waals surface area contributed by atoms with Gasteiger partial charge in [0.1, 0.15) is 17.5 Å². The van der Waals surface area contributed by atoms with Crippen LogP contribution in [0, 0.1) is 11.3 Å². The lowest BCUT2D eigenvalue weighted by molar-refractivity contribution is -0.123. The van der Waals surface area contributed by atoms with E-state index in [4.69, 9.17) is 10.7 Å². The number of likely N-dealkylation sites (tertiary alicyclic amines) is 1. The normalized spacial score (nSPS) is 14.2. The molecule has 3 aromatic rings. The molecule has 40 heavy (non-hydrogen) atoms. The molecule has 0 spiro atoms. The Bertz CT molecular complexity index is 1380. The number of anilines is 2. The van der Waals surface area contributed by atoms with Crippen molar-refractivity contribution in [3.63, 3.8) is 0 Å². The SMILES string of the molecule is CC(=O)Nc1ccc(-c2nc(SCc3cccc(CCC(=O)NC(C)N4CCCCC4)n3)nc(N)c2C#N)cc1. The molecule has 2 amide bonds. The number of nitrogens with one attached hydrogen (secondary N) is 2. The third kappa shape index (κ3) is 8.00. The molecule has 1 atom stereocenters. The smallest absolute Gasteiger partial charge is 0.221 e. The van der Waals surface area contributed by atoms with E-state index in [1.54, 1.807) is 24.3 Å². The maximum absolute atomic E-state index is 12.5. The number of nitrogens with zero attached hydrogens (tertiary/aromatic N) is 5. The molecule has 4 N–H and O–H groups in total. The summed E-state index contributed by atoms with van der Waals surface area (Å²) in [6.07, 6.45) is 4.60. The number of nitrogen functional groups attached to an aromatic ring is 1. The first-order valence-electron chi connectivity index (χ1n) is 13.4. The van der Waals surface area contributed by atoms with Crippen LogP contribution in [0.1, 0.15) is 56.5 Å². The molecule has 0 bridgehead atoms. The predicted octanol–water partition coefficient (Wildman–Crippen LogP) is 4.12. The number of amides is 2. The standard InChI is InChI=1S/C29H34N8O2S/c1-19(37-15-4-3-5-16-37)32-26(39)14-13-22-7-6-8-24(34-22)18-40-29-35-27(25(17-30)28(31)36-29)21-9-11-23(12-10-21)33-20(2)38/h6-12,19H,3-5,13-16,18H2,1-2H3,(H,32,39)(H,33,38)(H2,31,35,36). The molecular weight excluding hydrogens is 524 g/mol. The number of thioether (sulfide) groups is 1. The van der Waals surface area contributed by atoms with Crippen molar-refractivity contribution in [3.8, 4) is 17.3 Å². The second-order valence-corrected chi connectivity index (χ2v) is 10.7. The number of benzene rings is 1. The van der Waals surface area contributed by atoms with Gasteiger partial charge >= 0.3 is 0 Å². The zero-order valence-corrected chi connectivity index (χ0v) is 23.6. The Labute approximate surface area is 238 Å². The number of hydrogen-bond acceptors (Lipinski definition) is 9. The van der Waals surface area contributed by atoms with Crippen LogP contribution >= 0.6 is 11.8 Å². The summed E-state index contributed by atoms with van der Waals surface area (Å²) in [4.78, 5) is 39.8. The van der Waals surface area contributed by atoms with Gasteiger partial charge in [-0.2, -0.15) is 5.26 Å². The van der Waals surface area contributed by atoms with Gasteiger partial charge in [0.25, 0.3) is 0 Å². The van der Waals surface area contributed by atoms with Crippen LogP contribution in [-0.2, 0) is 21.8 Å². The Morgan fingerprint density at radius 1 is 1.07 bits per heavy atom. The number of aromatic nitrogens is 3. The van der Waals surface area contributed by atoms with Crippen molar-refractivity contribution in [2.24, 2.45) is 0 Å². The molecule has 11 heteroatoms. The van der Waals surface area contributed by atoms with E-state index >= 15 is 0 Å². The highest BCUT2D eigenvalue weighted by Crippen LogP contribution is 2.29. The summed E-state index contributed by atoms with van der Waals surface area (Å²) in [7, 11) is 0. The minimum Gasteiger partial charge on any atom is -0.382 e. The van der Waals surface area contributed by atoms with Crippen LogP contribution in [0.2, 0.25) is 0 Å². The van der Waals surface area contributed by atoms with E-state index in [1.165, 1.54) is 37.9 Å². The fourth-order valence-electron chi connectivity index (χ4n) is 4.59. The van der Waals surface area contributed by atoms with Crippen molar-refractivity contribution in [3.05, 3.63) is 59.4 Å². The maximum atomic E-state index is 12.5. The number of hydrogen-bond donors (Lipinski definition) is 3. The Morgan fingerprint density at radius 3 is 2.50 bits per heavy atom. The van der Waals surface area contributed by atoms with Gasteiger partial charge in [0, 0.05) is 49.1 Å². The van der Waals surface area contributed by atoms with Crippen LogP contribution in [0.3, 0.4) is 0 Å². The van der Waals surface area contributed by atoms with Gasteiger partial charge in [-0.1, -0.05) is 36.4 Å². The number of rotatable bonds is 10. The van der Waals surface area contributed by atoms with E-state index in [9.17, 15) is 14.9 Å². The van der Waals surface area contributed by atoms with E-state index in [-0.39, 0.29) is 29.4 Å². The first kappa shape index (κ1) is 29.0. The molecule has 1 aliphatic rings. The Morgan fingerprint density at radius 2 is 1.80 bits per heavy atom. The minimum absolute atomic E-state index is 0.0266. The van der Waals surface area contributed by atoms with E-state index in [0.29, 0.717) is 40.7 Å². The molecular formula is C29H34N8O2S. The molecule has 4 rings (SSSR count). The highest BCUT2D eigenvalue weighted by atomic mass is 32.2. The van der Waals surface area contributed by atoms with Crippen LogP contribution in [-0.4, -0.2) is 50.9 Å². The fraction of sp³-hybridized carbons (Fsp3) is 0.379. The van der Waals surface area contributed by atoms with Gasteiger partial charge in [-0.15, -0.1) is 0 Å². The molecule has 1 unspecified atom stereocenters. The van der Waals surface area contributed by atoms with Gasteiger partial charge in [-0.25, -0.2) is 9.97 Å². The van der Waals surface area contributed by atoms with E-state index < -0.39 is 0 Å². The van der Waals surface area contributed by atoms with Crippen LogP contribution in [0.4, 0.5) is 11.5 Å². The number of carbonyl (C=O) groups is 2. The average Bonchev–Trinajstić information content (AvgIpc) is 2.95. The monoisotopic (exact) mass is 558 g/mol. The Kier molecular flexibility index (Phi) is 10.0. The lowest BCUT2D eigenvalue weighted by atomic mass is 10.1.